The summed E-state index contributed by atoms with van der Waals surface area (Å²) in [4.78, 5) is 12.5. The molecule has 1 heterocycles. The van der Waals surface area contributed by atoms with Gasteiger partial charge in [0.25, 0.3) is 5.92 Å². The Bertz CT molecular complexity index is 331. The molecule has 1 saturated heterocycles. The molecular formula is C11H20F2N2O3. The summed E-state index contributed by atoms with van der Waals surface area (Å²) >= 11 is 0. The highest BCUT2D eigenvalue weighted by molar-refractivity contribution is 5.68. The van der Waals surface area contributed by atoms with Crippen molar-refractivity contribution < 1.29 is 23.4 Å². The van der Waals surface area contributed by atoms with Gasteiger partial charge in [-0.2, -0.15) is 0 Å². The van der Waals surface area contributed by atoms with Crippen LogP contribution in [-0.2, 0) is 4.74 Å². The van der Waals surface area contributed by atoms with Crippen LogP contribution in [0.3, 0.4) is 0 Å². The number of aliphatic hydroxyl groups is 1. The molecule has 1 atom stereocenters. The molecular weight excluding hydrogens is 246 g/mol. The monoisotopic (exact) mass is 266 g/mol. The molecule has 18 heavy (non-hydrogen) atoms. The van der Waals surface area contributed by atoms with Crippen molar-refractivity contribution >= 4 is 6.09 Å². The molecule has 1 aliphatic rings. The van der Waals surface area contributed by atoms with Gasteiger partial charge in [-0.3, -0.25) is 4.90 Å². The van der Waals surface area contributed by atoms with Gasteiger partial charge in [0.05, 0.1) is 13.1 Å². The van der Waals surface area contributed by atoms with Gasteiger partial charge in [0.15, 0.2) is 0 Å². The summed E-state index contributed by atoms with van der Waals surface area (Å²) in [5.41, 5.74) is 2.75. The van der Waals surface area contributed by atoms with E-state index in [-0.39, 0.29) is 13.1 Å². The van der Waals surface area contributed by atoms with Crippen LogP contribution in [0.25, 0.3) is 0 Å². The van der Waals surface area contributed by atoms with Crippen molar-refractivity contribution in [3.63, 3.8) is 0 Å². The summed E-state index contributed by atoms with van der Waals surface area (Å²) in [6.45, 7) is 3.59. The molecule has 3 N–H and O–H groups in total. The fourth-order valence-electron chi connectivity index (χ4n) is 1.88. The van der Waals surface area contributed by atoms with Gasteiger partial charge in [0.1, 0.15) is 11.2 Å². The SMILES string of the molecule is CC(C)(C)OC(=O)N1CC(F)(F)CC(O)(CN)C1. The average Bonchev–Trinajstić information content (AvgIpc) is 2.12. The Balaban J connectivity index is 2.80. The minimum Gasteiger partial charge on any atom is -0.444 e. The molecule has 1 fully saturated rings. The van der Waals surface area contributed by atoms with E-state index < -0.39 is 36.2 Å². The van der Waals surface area contributed by atoms with E-state index in [1.165, 1.54) is 0 Å². The Hall–Kier alpha value is -0.950. The Morgan fingerprint density at radius 3 is 2.44 bits per heavy atom. The van der Waals surface area contributed by atoms with Gasteiger partial charge in [-0.15, -0.1) is 0 Å². The summed E-state index contributed by atoms with van der Waals surface area (Å²) in [5, 5.41) is 9.88. The number of carbonyl (C=O) groups excluding carboxylic acids is 1. The molecule has 106 valence electrons. The summed E-state index contributed by atoms with van der Waals surface area (Å²) in [6.07, 6.45) is -1.61. The average molecular weight is 266 g/mol. The van der Waals surface area contributed by atoms with Crippen LogP contribution < -0.4 is 5.73 Å². The van der Waals surface area contributed by atoms with Gasteiger partial charge in [0.2, 0.25) is 0 Å². The van der Waals surface area contributed by atoms with Gasteiger partial charge in [0, 0.05) is 13.0 Å². The smallest absolute Gasteiger partial charge is 0.410 e. The van der Waals surface area contributed by atoms with Gasteiger partial charge >= 0.3 is 6.09 Å². The van der Waals surface area contributed by atoms with Crippen molar-refractivity contribution in [1.82, 2.24) is 4.90 Å². The van der Waals surface area contributed by atoms with E-state index in [9.17, 15) is 18.7 Å². The number of halogens is 2. The standard InChI is InChI=1S/C11H20F2N2O3/c1-9(2,3)18-8(16)15-6-10(17,5-14)4-11(12,13)7-15/h17H,4-7,14H2,1-3H3. The third kappa shape index (κ3) is 4.06. The van der Waals surface area contributed by atoms with Gasteiger partial charge in [-0.1, -0.05) is 0 Å². The number of hydrogen-bond acceptors (Lipinski definition) is 4. The summed E-state index contributed by atoms with van der Waals surface area (Å²) in [7, 11) is 0. The number of hydrogen-bond donors (Lipinski definition) is 2. The Labute approximate surface area is 105 Å². The summed E-state index contributed by atoms with van der Waals surface area (Å²) in [5.74, 6) is -3.16. The van der Waals surface area contributed by atoms with E-state index in [4.69, 9.17) is 10.5 Å². The first-order valence-electron chi connectivity index (χ1n) is 5.75. The van der Waals surface area contributed by atoms with Crippen molar-refractivity contribution in [2.24, 2.45) is 5.73 Å². The maximum absolute atomic E-state index is 13.5. The lowest BCUT2D eigenvalue weighted by atomic mass is 9.91. The number of rotatable bonds is 1. The molecule has 7 heteroatoms. The number of nitrogens with zero attached hydrogens (tertiary/aromatic N) is 1. The van der Waals surface area contributed by atoms with E-state index in [0.717, 1.165) is 4.90 Å². The number of ether oxygens (including phenoxy) is 1. The van der Waals surface area contributed by atoms with Crippen LogP contribution in [0.4, 0.5) is 13.6 Å². The van der Waals surface area contributed by atoms with Gasteiger partial charge in [-0.05, 0) is 20.8 Å². The highest BCUT2D eigenvalue weighted by Gasteiger charge is 2.49. The zero-order valence-corrected chi connectivity index (χ0v) is 10.9. The first kappa shape index (κ1) is 15.1. The van der Waals surface area contributed by atoms with Gasteiger partial charge in [-0.25, -0.2) is 13.6 Å². The van der Waals surface area contributed by atoms with Crippen molar-refractivity contribution in [1.29, 1.82) is 0 Å². The highest BCUT2D eigenvalue weighted by Crippen LogP contribution is 2.33. The topological polar surface area (TPSA) is 75.8 Å². The van der Waals surface area contributed by atoms with Crippen molar-refractivity contribution in [3.05, 3.63) is 0 Å². The lowest BCUT2D eigenvalue weighted by Crippen LogP contribution is -2.61. The molecule has 1 amide bonds. The molecule has 0 aromatic rings. The molecule has 0 spiro atoms. The van der Waals surface area contributed by atoms with Crippen LogP contribution in [0, 0.1) is 0 Å². The minimum atomic E-state index is -3.16. The molecule has 0 saturated carbocycles. The van der Waals surface area contributed by atoms with Crippen molar-refractivity contribution in [3.8, 4) is 0 Å². The number of alkyl halides is 2. The van der Waals surface area contributed by atoms with E-state index in [1.807, 2.05) is 0 Å². The number of nitrogens with two attached hydrogens (primary N) is 1. The number of likely N-dealkylation sites (tertiary alicyclic amines) is 1. The second-order valence-electron chi connectivity index (χ2n) is 5.80. The molecule has 0 aromatic carbocycles. The lowest BCUT2D eigenvalue weighted by Gasteiger charge is -2.42. The number of piperidine rings is 1. The normalized spacial score (nSPS) is 28.1. The minimum absolute atomic E-state index is 0.242. The van der Waals surface area contributed by atoms with Crippen molar-refractivity contribution in [2.75, 3.05) is 19.6 Å². The Morgan fingerprint density at radius 1 is 1.44 bits per heavy atom. The molecule has 1 unspecified atom stereocenters. The van der Waals surface area contributed by atoms with Crippen LogP contribution >= 0.6 is 0 Å². The Morgan fingerprint density at radius 2 is 2.00 bits per heavy atom. The molecule has 1 aliphatic heterocycles. The van der Waals surface area contributed by atoms with E-state index in [2.05, 4.69) is 0 Å². The maximum Gasteiger partial charge on any atom is 0.410 e. The first-order valence-corrected chi connectivity index (χ1v) is 5.75. The van der Waals surface area contributed by atoms with E-state index in [0.29, 0.717) is 0 Å². The van der Waals surface area contributed by atoms with Crippen LogP contribution in [0.2, 0.25) is 0 Å². The summed E-state index contributed by atoms with van der Waals surface area (Å²) in [6, 6.07) is 0. The van der Waals surface area contributed by atoms with Gasteiger partial charge < -0.3 is 15.6 Å². The highest BCUT2D eigenvalue weighted by atomic mass is 19.3. The Kier molecular flexibility index (Phi) is 3.88. The first-order chi connectivity index (χ1) is 7.96. The third-order valence-corrected chi connectivity index (χ3v) is 2.53. The molecule has 0 radical (unpaired) electrons. The number of amides is 1. The molecule has 0 bridgehead atoms. The predicted octanol–water partition coefficient (Wildman–Crippen LogP) is 0.952. The summed E-state index contributed by atoms with van der Waals surface area (Å²) < 4.78 is 31.9. The number of carbonyl (C=O) groups is 1. The third-order valence-electron chi connectivity index (χ3n) is 2.53. The molecule has 5 nitrogen and oxygen atoms in total. The van der Waals surface area contributed by atoms with Crippen LogP contribution in [0.15, 0.2) is 0 Å². The number of β-amino-alcohol motifs (C(OH)–C–C–N with tert-alkyl or cyclic N) is 1. The maximum atomic E-state index is 13.5. The quantitative estimate of drug-likeness (QED) is 0.741. The predicted molar refractivity (Wildman–Crippen MR) is 61.4 cm³/mol. The molecule has 1 rings (SSSR count). The van der Waals surface area contributed by atoms with E-state index in [1.54, 1.807) is 20.8 Å². The fraction of sp³-hybridized carbons (Fsp3) is 0.909. The molecule has 0 aliphatic carbocycles. The second-order valence-corrected chi connectivity index (χ2v) is 5.80. The largest absolute Gasteiger partial charge is 0.444 e. The zero-order valence-electron chi connectivity index (χ0n) is 10.9. The van der Waals surface area contributed by atoms with Crippen LogP contribution in [-0.4, -0.2) is 52.9 Å². The fourth-order valence-corrected chi connectivity index (χ4v) is 1.88. The van der Waals surface area contributed by atoms with Crippen LogP contribution in [0.1, 0.15) is 27.2 Å². The van der Waals surface area contributed by atoms with Crippen LogP contribution in [0.5, 0.6) is 0 Å². The van der Waals surface area contributed by atoms with Crippen molar-refractivity contribution in [2.45, 2.75) is 44.3 Å². The van der Waals surface area contributed by atoms with E-state index >= 15 is 0 Å². The molecule has 0 aromatic heterocycles. The lowest BCUT2D eigenvalue weighted by molar-refractivity contribution is -0.145. The second kappa shape index (κ2) is 4.62. The zero-order chi connectivity index (χ0) is 14.2.